The molecule has 0 aliphatic carbocycles. The molecule has 1 aromatic rings. The largest absolute Gasteiger partial charge is 0.389 e. The van der Waals surface area contributed by atoms with Crippen molar-refractivity contribution in [1.29, 1.82) is 0 Å². The minimum absolute atomic E-state index is 0.0539. The lowest BCUT2D eigenvalue weighted by Gasteiger charge is -2.26. The summed E-state index contributed by atoms with van der Waals surface area (Å²) in [6, 6.07) is 2.43. The third-order valence-electron chi connectivity index (χ3n) is 2.84. The highest BCUT2D eigenvalue weighted by molar-refractivity contribution is 5.13. The van der Waals surface area contributed by atoms with Gasteiger partial charge in [-0.2, -0.15) is 13.2 Å². The Hall–Kier alpha value is -1.17. The van der Waals surface area contributed by atoms with Gasteiger partial charge in [0.15, 0.2) is 0 Å². The predicted molar refractivity (Wildman–Crippen MR) is 58.3 cm³/mol. The number of aromatic nitrogens is 1. The van der Waals surface area contributed by atoms with Crippen LogP contribution < -0.4 is 0 Å². The van der Waals surface area contributed by atoms with Gasteiger partial charge < -0.3 is 5.11 Å². The molecule has 102 valence electrons. The maximum absolute atomic E-state index is 12.7. The zero-order valence-electron chi connectivity index (χ0n) is 9.97. The molecule has 6 heteroatoms. The summed E-state index contributed by atoms with van der Waals surface area (Å²) in [5.41, 5.74) is -1.23. The summed E-state index contributed by atoms with van der Waals surface area (Å²) in [6.45, 7) is 1.65. The normalized spacial score (nSPS) is 15.4. The van der Waals surface area contributed by atoms with E-state index in [0.717, 1.165) is 12.3 Å². The summed E-state index contributed by atoms with van der Waals surface area (Å²) >= 11 is 0. The molecule has 1 heterocycles. The van der Waals surface area contributed by atoms with Gasteiger partial charge in [-0.15, -0.1) is 0 Å². The molecule has 1 atom stereocenters. The monoisotopic (exact) mass is 265 g/mol. The highest BCUT2D eigenvalue weighted by Gasteiger charge is 2.32. The summed E-state index contributed by atoms with van der Waals surface area (Å²) in [5, 5.41) is 10.2. The number of aliphatic hydroxyl groups is 1. The molecule has 2 nitrogen and oxygen atoms in total. The number of rotatable bonds is 5. The van der Waals surface area contributed by atoms with Crippen molar-refractivity contribution in [2.45, 2.75) is 44.4 Å². The van der Waals surface area contributed by atoms with E-state index in [1.807, 2.05) is 0 Å². The van der Waals surface area contributed by atoms with Gasteiger partial charge in [-0.3, -0.25) is 4.98 Å². The van der Waals surface area contributed by atoms with Gasteiger partial charge in [-0.1, -0.05) is 6.92 Å². The van der Waals surface area contributed by atoms with E-state index in [0.29, 0.717) is 0 Å². The first-order chi connectivity index (χ1) is 8.27. The molecule has 0 spiro atoms. The van der Waals surface area contributed by atoms with Crippen molar-refractivity contribution >= 4 is 0 Å². The van der Waals surface area contributed by atoms with E-state index in [1.165, 1.54) is 6.07 Å². The van der Waals surface area contributed by atoms with Gasteiger partial charge >= 0.3 is 6.18 Å². The van der Waals surface area contributed by atoms with E-state index in [4.69, 9.17) is 0 Å². The second kappa shape index (κ2) is 5.65. The quantitative estimate of drug-likeness (QED) is 0.826. The van der Waals surface area contributed by atoms with Crippen molar-refractivity contribution in [2.24, 2.45) is 0 Å². The lowest BCUT2D eigenvalue weighted by atomic mass is 9.90. The van der Waals surface area contributed by atoms with Crippen molar-refractivity contribution < 1.29 is 22.7 Å². The standard InChI is InChI=1S/C12H15F4NO/c1-2-11(18,6-3-7-12(14,15)16)10-5-4-9(13)8-17-10/h4-5,8,18H,2-3,6-7H2,1H3. The van der Waals surface area contributed by atoms with Crippen molar-refractivity contribution in [3.63, 3.8) is 0 Å². The molecule has 1 N–H and O–H groups in total. The lowest BCUT2D eigenvalue weighted by Crippen LogP contribution is -2.26. The van der Waals surface area contributed by atoms with Gasteiger partial charge in [-0.05, 0) is 31.4 Å². The van der Waals surface area contributed by atoms with Gasteiger partial charge in [-0.25, -0.2) is 4.39 Å². The number of halogens is 4. The maximum Gasteiger partial charge on any atom is 0.389 e. The third kappa shape index (κ3) is 4.25. The van der Waals surface area contributed by atoms with Crippen LogP contribution in [0.3, 0.4) is 0 Å². The van der Waals surface area contributed by atoms with Crippen LogP contribution >= 0.6 is 0 Å². The first kappa shape index (κ1) is 14.9. The topological polar surface area (TPSA) is 33.1 Å². The fourth-order valence-electron chi connectivity index (χ4n) is 1.72. The number of pyridine rings is 1. The Balaban J connectivity index is 2.70. The van der Waals surface area contributed by atoms with Crippen LogP contribution in [0.25, 0.3) is 0 Å². The van der Waals surface area contributed by atoms with Crippen LogP contribution in [0.1, 0.15) is 38.3 Å². The summed E-state index contributed by atoms with van der Waals surface area (Å²) in [4.78, 5) is 3.73. The van der Waals surface area contributed by atoms with Crippen LogP contribution in [-0.4, -0.2) is 16.3 Å². The van der Waals surface area contributed by atoms with Crippen molar-refractivity contribution in [2.75, 3.05) is 0 Å². The van der Waals surface area contributed by atoms with E-state index in [-0.39, 0.29) is 25.0 Å². The summed E-state index contributed by atoms with van der Waals surface area (Å²) in [5.74, 6) is -0.549. The molecule has 0 aromatic carbocycles. The summed E-state index contributed by atoms with van der Waals surface area (Å²) < 4.78 is 48.8. The highest BCUT2D eigenvalue weighted by Crippen LogP contribution is 2.32. The first-order valence-electron chi connectivity index (χ1n) is 5.68. The van der Waals surface area contributed by atoms with Crippen LogP contribution in [0.5, 0.6) is 0 Å². The smallest absolute Gasteiger partial charge is 0.384 e. The zero-order chi connectivity index (χ0) is 13.8. The molecular formula is C12H15F4NO. The van der Waals surface area contributed by atoms with E-state index >= 15 is 0 Å². The van der Waals surface area contributed by atoms with E-state index < -0.39 is 24.0 Å². The molecule has 0 saturated carbocycles. The second-order valence-corrected chi connectivity index (χ2v) is 4.22. The van der Waals surface area contributed by atoms with Crippen molar-refractivity contribution in [3.05, 3.63) is 29.8 Å². The number of hydrogen-bond donors (Lipinski definition) is 1. The SMILES string of the molecule is CCC(O)(CCCC(F)(F)F)c1ccc(F)cn1. The molecule has 0 amide bonds. The van der Waals surface area contributed by atoms with E-state index in [1.54, 1.807) is 6.92 Å². The number of alkyl halides is 3. The molecule has 0 fully saturated rings. The summed E-state index contributed by atoms with van der Waals surface area (Å²) in [6.07, 6.45) is -4.25. The predicted octanol–water partition coefficient (Wildman–Crippen LogP) is 3.55. The van der Waals surface area contributed by atoms with Gasteiger partial charge in [0, 0.05) is 6.42 Å². The maximum atomic E-state index is 12.7. The molecule has 0 bridgehead atoms. The van der Waals surface area contributed by atoms with Gasteiger partial charge in [0.05, 0.1) is 11.9 Å². The summed E-state index contributed by atoms with van der Waals surface area (Å²) in [7, 11) is 0. The minimum atomic E-state index is -4.23. The Morgan fingerprint density at radius 1 is 1.22 bits per heavy atom. The fourth-order valence-corrected chi connectivity index (χ4v) is 1.72. The molecule has 0 saturated heterocycles. The zero-order valence-corrected chi connectivity index (χ0v) is 9.97. The molecule has 1 rings (SSSR count). The first-order valence-corrected chi connectivity index (χ1v) is 5.68. The molecule has 18 heavy (non-hydrogen) atoms. The molecule has 0 aliphatic rings. The lowest BCUT2D eigenvalue weighted by molar-refractivity contribution is -0.138. The minimum Gasteiger partial charge on any atom is -0.384 e. The Bertz CT molecular complexity index is 377. The molecule has 1 aromatic heterocycles. The van der Waals surface area contributed by atoms with Crippen LogP contribution in [0, 0.1) is 5.82 Å². The average molecular weight is 265 g/mol. The Morgan fingerprint density at radius 3 is 2.33 bits per heavy atom. The van der Waals surface area contributed by atoms with Crippen LogP contribution in [0.2, 0.25) is 0 Å². The Kier molecular flexibility index (Phi) is 4.67. The third-order valence-corrected chi connectivity index (χ3v) is 2.84. The Morgan fingerprint density at radius 2 is 1.89 bits per heavy atom. The molecule has 0 aliphatic heterocycles. The van der Waals surface area contributed by atoms with Gasteiger partial charge in [0.25, 0.3) is 0 Å². The van der Waals surface area contributed by atoms with E-state index in [9.17, 15) is 22.7 Å². The van der Waals surface area contributed by atoms with Gasteiger partial charge in [0.1, 0.15) is 11.4 Å². The number of hydrogen-bond acceptors (Lipinski definition) is 2. The van der Waals surface area contributed by atoms with Crippen molar-refractivity contribution in [1.82, 2.24) is 4.98 Å². The van der Waals surface area contributed by atoms with Gasteiger partial charge in [0.2, 0.25) is 0 Å². The second-order valence-electron chi connectivity index (χ2n) is 4.22. The van der Waals surface area contributed by atoms with E-state index in [2.05, 4.69) is 4.98 Å². The molecule has 1 unspecified atom stereocenters. The average Bonchev–Trinajstić information content (AvgIpc) is 2.28. The molecular weight excluding hydrogens is 250 g/mol. The highest BCUT2D eigenvalue weighted by atomic mass is 19.4. The number of nitrogens with zero attached hydrogens (tertiary/aromatic N) is 1. The van der Waals surface area contributed by atoms with Crippen LogP contribution in [0.4, 0.5) is 17.6 Å². The van der Waals surface area contributed by atoms with Crippen molar-refractivity contribution in [3.8, 4) is 0 Å². The fraction of sp³-hybridized carbons (Fsp3) is 0.583. The van der Waals surface area contributed by atoms with Crippen LogP contribution in [-0.2, 0) is 5.60 Å². The van der Waals surface area contributed by atoms with Crippen LogP contribution in [0.15, 0.2) is 18.3 Å². The molecule has 0 radical (unpaired) electrons. The Labute approximate surface area is 103 Å².